The van der Waals surface area contributed by atoms with Gasteiger partial charge in [-0.25, -0.2) is 0 Å². The molecule has 0 aliphatic rings. The van der Waals surface area contributed by atoms with Crippen LogP contribution in [0.3, 0.4) is 0 Å². The molecule has 4 nitrogen and oxygen atoms in total. The van der Waals surface area contributed by atoms with Gasteiger partial charge in [0, 0.05) is 33.0 Å². The third kappa shape index (κ3) is 4.58. The van der Waals surface area contributed by atoms with E-state index in [1.165, 1.54) is 0 Å². The number of nitrogens with zero attached hydrogens (tertiary/aromatic N) is 1. The lowest BCUT2D eigenvalue weighted by molar-refractivity contribution is 0.195. The van der Waals surface area contributed by atoms with Crippen LogP contribution in [0.15, 0.2) is 24.3 Å². The van der Waals surface area contributed by atoms with Gasteiger partial charge in [-0.2, -0.15) is 0 Å². The van der Waals surface area contributed by atoms with E-state index >= 15 is 0 Å². The molecule has 0 aliphatic heterocycles. The molecule has 0 aromatic heterocycles. The molecule has 0 aliphatic carbocycles. The van der Waals surface area contributed by atoms with Gasteiger partial charge < -0.3 is 20.1 Å². The van der Waals surface area contributed by atoms with E-state index in [0.29, 0.717) is 5.11 Å². The smallest absolute Gasteiger partial charge is 0.173 e. The maximum absolute atomic E-state index is 9.20. The van der Waals surface area contributed by atoms with E-state index in [1.54, 1.807) is 19.2 Å². The monoisotopic (exact) mass is 254 g/mol. The molecule has 0 bridgehead atoms. The number of ether oxygens (including phenoxy) is 1. The average molecular weight is 254 g/mol. The molecular formula is C12H18N2O2S. The lowest BCUT2D eigenvalue weighted by atomic mass is 10.3. The van der Waals surface area contributed by atoms with Gasteiger partial charge in [0.05, 0.1) is 0 Å². The molecule has 5 heteroatoms. The summed E-state index contributed by atoms with van der Waals surface area (Å²) < 4.78 is 4.96. The number of nitrogens with one attached hydrogen (secondary N) is 1. The Labute approximate surface area is 107 Å². The Kier molecular flexibility index (Phi) is 5.72. The van der Waals surface area contributed by atoms with Crippen LogP contribution in [0.2, 0.25) is 0 Å². The van der Waals surface area contributed by atoms with Crippen molar-refractivity contribution < 1.29 is 9.84 Å². The highest BCUT2D eigenvalue weighted by molar-refractivity contribution is 7.80. The summed E-state index contributed by atoms with van der Waals surface area (Å²) in [7, 11) is 3.57. The molecule has 0 saturated carbocycles. The van der Waals surface area contributed by atoms with Crippen molar-refractivity contribution in [1.29, 1.82) is 0 Å². The van der Waals surface area contributed by atoms with E-state index in [0.717, 1.165) is 25.3 Å². The minimum atomic E-state index is 0.251. The molecule has 0 atom stereocenters. The molecule has 0 spiro atoms. The zero-order valence-electron chi connectivity index (χ0n) is 10.1. The molecule has 0 fully saturated rings. The van der Waals surface area contributed by atoms with Crippen molar-refractivity contribution >= 4 is 23.0 Å². The molecule has 0 unspecified atom stereocenters. The Morgan fingerprint density at radius 1 is 1.41 bits per heavy atom. The number of benzene rings is 1. The number of hydrogen-bond acceptors (Lipinski definition) is 3. The summed E-state index contributed by atoms with van der Waals surface area (Å²) >= 11 is 5.25. The van der Waals surface area contributed by atoms with Crippen molar-refractivity contribution in [1.82, 2.24) is 5.32 Å². The van der Waals surface area contributed by atoms with E-state index in [4.69, 9.17) is 17.0 Å². The fourth-order valence-electron chi connectivity index (χ4n) is 1.32. The second-order valence-electron chi connectivity index (χ2n) is 3.65. The van der Waals surface area contributed by atoms with Gasteiger partial charge in [0.25, 0.3) is 0 Å². The van der Waals surface area contributed by atoms with Crippen LogP contribution in [0.5, 0.6) is 5.75 Å². The zero-order chi connectivity index (χ0) is 12.7. The molecule has 0 amide bonds. The molecule has 2 N–H and O–H groups in total. The van der Waals surface area contributed by atoms with E-state index < -0.39 is 0 Å². The predicted molar refractivity (Wildman–Crippen MR) is 73.6 cm³/mol. The first-order chi connectivity index (χ1) is 8.15. The topological polar surface area (TPSA) is 44.7 Å². The van der Waals surface area contributed by atoms with Crippen molar-refractivity contribution in [2.45, 2.75) is 6.42 Å². The van der Waals surface area contributed by atoms with E-state index in [-0.39, 0.29) is 5.75 Å². The molecule has 0 radical (unpaired) electrons. The summed E-state index contributed by atoms with van der Waals surface area (Å²) in [5.74, 6) is 0.251. The Hall–Kier alpha value is -1.33. The first kappa shape index (κ1) is 13.7. The fraction of sp³-hybridized carbons (Fsp3) is 0.417. The van der Waals surface area contributed by atoms with Gasteiger partial charge in [0.15, 0.2) is 5.11 Å². The molecule has 0 heterocycles. The Bertz CT molecular complexity index is 354. The van der Waals surface area contributed by atoms with Gasteiger partial charge in [-0.3, -0.25) is 0 Å². The number of hydrogen-bond donors (Lipinski definition) is 2. The second kappa shape index (κ2) is 7.09. The molecule has 17 heavy (non-hydrogen) atoms. The van der Waals surface area contributed by atoms with E-state index in [9.17, 15) is 5.11 Å². The van der Waals surface area contributed by atoms with Crippen molar-refractivity contribution in [3.8, 4) is 5.75 Å². The van der Waals surface area contributed by atoms with Gasteiger partial charge in [-0.05, 0) is 42.9 Å². The quantitative estimate of drug-likeness (QED) is 0.619. The number of phenolic OH excluding ortho intramolecular Hbond substituents is 1. The summed E-state index contributed by atoms with van der Waals surface area (Å²) in [6.07, 6.45) is 0.917. The van der Waals surface area contributed by atoms with Gasteiger partial charge >= 0.3 is 0 Å². The van der Waals surface area contributed by atoms with E-state index in [2.05, 4.69) is 5.32 Å². The Morgan fingerprint density at radius 2 is 2.06 bits per heavy atom. The van der Waals surface area contributed by atoms with Crippen LogP contribution in [-0.2, 0) is 4.74 Å². The lowest BCUT2D eigenvalue weighted by Gasteiger charge is -2.21. The second-order valence-corrected chi connectivity index (χ2v) is 4.04. The molecule has 1 aromatic rings. The van der Waals surface area contributed by atoms with Gasteiger partial charge in [0.2, 0.25) is 0 Å². The molecule has 1 rings (SSSR count). The third-order valence-electron chi connectivity index (χ3n) is 2.34. The van der Waals surface area contributed by atoms with Gasteiger partial charge in [-0.15, -0.1) is 0 Å². The summed E-state index contributed by atoms with van der Waals surface area (Å²) in [6.45, 7) is 1.51. The van der Waals surface area contributed by atoms with Crippen molar-refractivity contribution in [3.63, 3.8) is 0 Å². The van der Waals surface area contributed by atoms with Gasteiger partial charge in [-0.1, -0.05) is 0 Å². The van der Waals surface area contributed by atoms with Gasteiger partial charge in [0.1, 0.15) is 5.75 Å². The lowest BCUT2D eigenvalue weighted by Crippen LogP contribution is -2.37. The normalized spacial score (nSPS) is 10.0. The van der Waals surface area contributed by atoms with E-state index in [1.807, 2.05) is 24.1 Å². The van der Waals surface area contributed by atoms with Crippen LogP contribution in [0.4, 0.5) is 5.69 Å². The SMILES string of the molecule is COCCCNC(=S)N(C)c1ccc(O)cc1. The van der Waals surface area contributed by atoms with Crippen molar-refractivity contribution in [2.24, 2.45) is 0 Å². The third-order valence-corrected chi connectivity index (χ3v) is 2.76. The Morgan fingerprint density at radius 3 is 2.65 bits per heavy atom. The van der Waals surface area contributed by atoms with Crippen molar-refractivity contribution in [2.75, 3.05) is 32.2 Å². The first-order valence-corrected chi connectivity index (χ1v) is 5.85. The summed E-state index contributed by atoms with van der Waals surface area (Å²) in [5, 5.41) is 13.0. The first-order valence-electron chi connectivity index (χ1n) is 5.44. The largest absolute Gasteiger partial charge is 0.508 e. The number of rotatable bonds is 5. The molecule has 94 valence electrons. The predicted octanol–water partition coefficient (Wildman–Crippen LogP) is 1.74. The van der Waals surface area contributed by atoms with Crippen LogP contribution in [0, 0.1) is 0 Å². The molecular weight excluding hydrogens is 236 g/mol. The minimum absolute atomic E-state index is 0.251. The summed E-state index contributed by atoms with van der Waals surface area (Å²) in [4.78, 5) is 1.86. The highest BCUT2D eigenvalue weighted by atomic mass is 32.1. The van der Waals surface area contributed by atoms with Crippen molar-refractivity contribution in [3.05, 3.63) is 24.3 Å². The summed E-state index contributed by atoms with van der Waals surface area (Å²) in [5.41, 5.74) is 0.937. The van der Waals surface area contributed by atoms with Crippen LogP contribution >= 0.6 is 12.2 Å². The van der Waals surface area contributed by atoms with Crippen LogP contribution in [0.25, 0.3) is 0 Å². The number of methoxy groups -OCH3 is 1. The maximum atomic E-state index is 9.20. The van der Waals surface area contributed by atoms with Crippen LogP contribution in [0.1, 0.15) is 6.42 Å². The summed E-state index contributed by atoms with van der Waals surface area (Å²) in [6, 6.07) is 6.91. The number of aromatic hydroxyl groups is 1. The highest BCUT2D eigenvalue weighted by Crippen LogP contribution is 2.17. The number of anilines is 1. The fourth-order valence-corrected chi connectivity index (χ4v) is 1.53. The minimum Gasteiger partial charge on any atom is -0.508 e. The highest BCUT2D eigenvalue weighted by Gasteiger charge is 2.05. The maximum Gasteiger partial charge on any atom is 0.173 e. The van der Waals surface area contributed by atoms with Crippen LogP contribution in [-0.4, -0.2) is 37.5 Å². The number of thiocarbonyl (C=S) groups is 1. The number of phenols is 1. The standard InChI is InChI=1S/C12H18N2O2S/c1-14(10-4-6-11(15)7-5-10)12(17)13-8-3-9-16-2/h4-7,15H,3,8-9H2,1-2H3,(H,13,17). The average Bonchev–Trinajstić information content (AvgIpc) is 2.34. The zero-order valence-corrected chi connectivity index (χ0v) is 11.0. The molecule has 0 saturated heterocycles. The molecule has 1 aromatic carbocycles. The Balaban J connectivity index is 2.43. The van der Waals surface area contributed by atoms with Crippen LogP contribution < -0.4 is 10.2 Å².